The van der Waals surface area contributed by atoms with Gasteiger partial charge >= 0.3 is 0 Å². The van der Waals surface area contributed by atoms with Gasteiger partial charge in [-0.1, -0.05) is 60.7 Å². The molecule has 0 saturated heterocycles. The van der Waals surface area contributed by atoms with Gasteiger partial charge in [-0.25, -0.2) is 15.0 Å². The summed E-state index contributed by atoms with van der Waals surface area (Å²) in [5, 5.41) is 3.87. The molecule has 2 aromatic heterocycles. The number of amides is 1. The van der Waals surface area contributed by atoms with Gasteiger partial charge in [-0.2, -0.15) is 0 Å². The van der Waals surface area contributed by atoms with Gasteiger partial charge in [-0.05, 0) is 31.0 Å². The average Bonchev–Trinajstić information content (AvgIpc) is 3.17. The van der Waals surface area contributed by atoms with Gasteiger partial charge in [0.25, 0.3) is 5.91 Å². The van der Waals surface area contributed by atoms with E-state index in [2.05, 4.69) is 20.3 Å². The zero-order chi connectivity index (χ0) is 20.3. The van der Waals surface area contributed by atoms with E-state index in [1.54, 1.807) is 18.5 Å². The maximum absolute atomic E-state index is 13.3. The lowest BCUT2D eigenvalue weighted by molar-refractivity contribution is 0.0922. The number of benzene rings is 2. The number of hydrogen-bond acceptors (Lipinski definition) is 5. The van der Waals surface area contributed by atoms with Gasteiger partial charge in [0, 0.05) is 12.4 Å². The zero-order valence-corrected chi connectivity index (χ0v) is 17.0. The van der Waals surface area contributed by atoms with Crippen LogP contribution in [0.1, 0.15) is 33.4 Å². The van der Waals surface area contributed by atoms with Crippen molar-refractivity contribution >= 4 is 17.2 Å². The molecule has 1 N–H and O–H groups in total. The van der Waals surface area contributed by atoms with Gasteiger partial charge in [0.15, 0.2) is 10.8 Å². The van der Waals surface area contributed by atoms with Crippen LogP contribution in [-0.2, 0) is 5.54 Å². The minimum absolute atomic E-state index is 0.169. The maximum atomic E-state index is 13.3. The Balaban J connectivity index is 1.71. The van der Waals surface area contributed by atoms with Gasteiger partial charge in [0.1, 0.15) is 4.88 Å². The number of rotatable bonds is 5. The summed E-state index contributed by atoms with van der Waals surface area (Å²) >= 11 is 1.30. The molecule has 2 aromatic carbocycles. The summed E-state index contributed by atoms with van der Waals surface area (Å²) in [6.45, 7) is 3.85. The summed E-state index contributed by atoms with van der Waals surface area (Å²) in [7, 11) is 0. The Hall–Kier alpha value is -3.38. The van der Waals surface area contributed by atoms with Crippen LogP contribution in [0.5, 0.6) is 0 Å². The number of nitrogens with zero attached hydrogens (tertiary/aromatic N) is 3. The van der Waals surface area contributed by atoms with Gasteiger partial charge in [-0.15, -0.1) is 11.3 Å². The second-order valence-corrected chi connectivity index (χ2v) is 7.82. The molecular formula is C23H20N4OS. The van der Waals surface area contributed by atoms with Crippen LogP contribution in [0.2, 0.25) is 0 Å². The van der Waals surface area contributed by atoms with E-state index in [1.165, 1.54) is 11.3 Å². The van der Waals surface area contributed by atoms with Crippen LogP contribution in [0, 0.1) is 6.92 Å². The number of thiazole rings is 1. The molecule has 0 radical (unpaired) electrons. The van der Waals surface area contributed by atoms with E-state index in [1.807, 2.05) is 74.5 Å². The summed E-state index contributed by atoms with van der Waals surface area (Å²) in [5.41, 5.74) is 2.00. The number of carbonyl (C=O) groups is 1. The molecule has 4 aromatic rings. The van der Waals surface area contributed by atoms with Crippen molar-refractivity contribution in [3.63, 3.8) is 0 Å². The van der Waals surface area contributed by atoms with E-state index in [9.17, 15) is 4.79 Å². The molecule has 1 amide bonds. The lowest BCUT2D eigenvalue weighted by atomic mass is 9.84. The number of nitrogens with one attached hydrogen (secondary N) is 1. The first-order valence-corrected chi connectivity index (χ1v) is 10.1. The van der Waals surface area contributed by atoms with Crippen LogP contribution in [-0.4, -0.2) is 20.9 Å². The molecule has 5 nitrogen and oxygen atoms in total. The Morgan fingerprint density at radius 1 is 0.897 bits per heavy atom. The van der Waals surface area contributed by atoms with E-state index >= 15 is 0 Å². The van der Waals surface area contributed by atoms with Crippen LogP contribution in [0.3, 0.4) is 0 Å². The van der Waals surface area contributed by atoms with E-state index < -0.39 is 5.54 Å². The minimum Gasteiger partial charge on any atom is -0.338 e. The molecule has 0 bridgehead atoms. The lowest BCUT2D eigenvalue weighted by Gasteiger charge is -2.32. The molecule has 0 unspecified atom stereocenters. The van der Waals surface area contributed by atoms with Crippen LogP contribution in [0.15, 0.2) is 79.1 Å². The molecule has 0 atom stereocenters. The molecule has 0 fully saturated rings. The van der Waals surface area contributed by atoms with Crippen LogP contribution >= 0.6 is 11.3 Å². The fraction of sp³-hybridized carbons (Fsp3) is 0.130. The smallest absolute Gasteiger partial charge is 0.264 e. The fourth-order valence-electron chi connectivity index (χ4n) is 3.25. The molecule has 0 aliphatic rings. The predicted octanol–water partition coefficient (Wildman–Crippen LogP) is 4.60. The number of aryl methyl sites for hydroxylation is 1. The number of hydrogen-bond donors (Lipinski definition) is 1. The highest BCUT2D eigenvalue weighted by Crippen LogP contribution is 2.31. The average molecular weight is 401 g/mol. The molecule has 144 valence electrons. The summed E-state index contributed by atoms with van der Waals surface area (Å²) in [5.74, 6) is 0.353. The molecule has 0 spiro atoms. The van der Waals surface area contributed by atoms with Crippen molar-refractivity contribution in [3.8, 4) is 10.8 Å². The monoisotopic (exact) mass is 400 g/mol. The highest BCUT2D eigenvalue weighted by Gasteiger charge is 2.32. The summed E-state index contributed by atoms with van der Waals surface area (Å²) in [6.07, 6.45) is 3.33. The van der Waals surface area contributed by atoms with Gasteiger partial charge in [-0.3, -0.25) is 4.79 Å². The van der Waals surface area contributed by atoms with E-state index in [-0.39, 0.29) is 5.91 Å². The van der Waals surface area contributed by atoms with Crippen LogP contribution in [0.25, 0.3) is 10.8 Å². The van der Waals surface area contributed by atoms with Crippen LogP contribution < -0.4 is 5.32 Å². The van der Waals surface area contributed by atoms with Gasteiger partial charge < -0.3 is 5.32 Å². The van der Waals surface area contributed by atoms with Crippen molar-refractivity contribution in [1.29, 1.82) is 0 Å². The summed E-state index contributed by atoms with van der Waals surface area (Å²) in [6, 6.07) is 21.7. The van der Waals surface area contributed by atoms with Crippen molar-refractivity contribution < 1.29 is 4.79 Å². The Morgan fingerprint density at radius 2 is 1.45 bits per heavy atom. The maximum Gasteiger partial charge on any atom is 0.264 e. The molecule has 2 heterocycles. The zero-order valence-electron chi connectivity index (χ0n) is 16.2. The van der Waals surface area contributed by atoms with Crippen molar-refractivity contribution in [3.05, 3.63) is 101 Å². The third-order valence-electron chi connectivity index (χ3n) is 4.83. The molecule has 4 rings (SSSR count). The van der Waals surface area contributed by atoms with E-state index in [4.69, 9.17) is 0 Å². The Kier molecular flexibility index (Phi) is 5.18. The summed E-state index contributed by atoms with van der Waals surface area (Å²) < 4.78 is 0. The molecule has 6 heteroatoms. The SMILES string of the molecule is Cc1nc(-c2ncccn2)sc1C(=O)NC(C)(c1ccccc1)c1ccccc1. The first-order chi connectivity index (χ1) is 14.1. The Labute approximate surface area is 173 Å². The Morgan fingerprint density at radius 3 is 2.00 bits per heavy atom. The Bertz CT molecular complexity index is 1070. The van der Waals surface area contributed by atoms with Crippen LogP contribution in [0.4, 0.5) is 0 Å². The van der Waals surface area contributed by atoms with Crippen molar-refractivity contribution in [1.82, 2.24) is 20.3 Å². The third-order valence-corrected chi connectivity index (χ3v) is 5.98. The topological polar surface area (TPSA) is 67.8 Å². The van der Waals surface area contributed by atoms with Crippen molar-refractivity contribution in [2.45, 2.75) is 19.4 Å². The molecular weight excluding hydrogens is 380 g/mol. The predicted molar refractivity (Wildman–Crippen MR) is 115 cm³/mol. The van der Waals surface area contributed by atoms with Crippen molar-refractivity contribution in [2.75, 3.05) is 0 Å². The molecule has 0 aliphatic carbocycles. The summed E-state index contributed by atoms with van der Waals surface area (Å²) in [4.78, 5) is 26.8. The minimum atomic E-state index is -0.681. The second kappa shape index (κ2) is 7.93. The van der Waals surface area contributed by atoms with Gasteiger partial charge in [0.05, 0.1) is 11.2 Å². The third kappa shape index (κ3) is 3.79. The highest BCUT2D eigenvalue weighted by atomic mass is 32.1. The van der Waals surface area contributed by atoms with Crippen molar-refractivity contribution in [2.24, 2.45) is 0 Å². The standard InChI is InChI=1S/C23H20N4OS/c1-16-19(29-22(26-16)20-24-14-9-15-25-20)21(28)27-23(2,17-10-5-3-6-11-17)18-12-7-4-8-13-18/h3-15H,1-2H3,(H,27,28). The number of aromatic nitrogens is 3. The largest absolute Gasteiger partial charge is 0.338 e. The second-order valence-electron chi connectivity index (χ2n) is 6.82. The van der Waals surface area contributed by atoms with E-state index in [0.717, 1.165) is 11.1 Å². The molecule has 29 heavy (non-hydrogen) atoms. The number of carbonyl (C=O) groups excluding carboxylic acids is 1. The van der Waals surface area contributed by atoms with E-state index in [0.29, 0.717) is 21.4 Å². The fourth-order valence-corrected chi connectivity index (χ4v) is 4.16. The molecule has 0 aliphatic heterocycles. The highest BCUT2D eigenvalue weighted by molar-refractivity contribution is 7.17. The first kappa shape index (κ1) is 19.0. The first-order valence-electron chi connectivity index (χ1n) is 9.26. The molecule has 0 saturated carbocycles. The van der Waals surface area contributed by atoms with Gasteiger partial charge in [0.2, 0.25) is 0 Å². The lowest BCUT2D eigenvalue weighted by Crippen LogP contribution is -2.44. The quantitative estimate of drug-likeness (QED) is 0.531. The normalized spacial score (nSPS) is 11.2.